The molecule has 0 aromatic heterocycles. The van der Waals surface area contributed by atoms with Crippen LogP contribution in [0.25, 0.3) is 0 Å². The van der Waals surface area contributed by atoms with Crippen molar-refractivity contribution in [3.05, 3.63) is 0 Å². The van der Waals surface area contributed by atoms with Crippen molar-refractivity contribution in [1.82, 2.24) is 4.90 Å². The molecule has 0 N–H and O–H groups in total. The van der Waals surface area contributed by atoms with E-state index in [-0.39, 0.29) is 17.8 Å². The molecule has 92 valence electrons. The molecule has 1 unspecified atom stereocenters. The van der Waals surface area contributed by atoms with Gasteiger partial charge in [0.15, 0.2) is 0 Å². The molecule has 0 bridgehead atoms. The van der Waals surface area contributed by atoms with Crippen LogP contribution in [0.5, 0.6) is 0 Å². The Balaban J connectivity index is 2.50. The number of hydrogen-bond donors (Lipinski definition) is 0. The second-order valence-corrected chi connectivity index (χ2v) is 4.45. The van der Waals surface area contributed by atoms with Crippen LogP contribution in [0, 0.1) is 5.92 Å². The van der Waals surface area contributed by atoms with Gasteiger partial charge < -0.3 is 9.64 Å². The number of carbonyl (C=O) groups is 2. The number of methoxy groups -OCH3 is 1. The van der Waals surface area contributed by atoms with Gasteiger partial charge in [-0.25, -0.2) is 0 Å². The number of ether oxygens (including phenoxy) is 1. The topological polar surface area (TPSA) is 46.6 Å². The van der Waals surface area contributed by atoms with Crippen LogP contribution in [0.15, 0.2) is 0 Å². The van der Waals surface area contributed by atoms with E-state index in [0.717, 1.165) is 19.3 Å². The lowest BCUT2D eigenvalue weighted by molar-refractivity contribution is -0.146. The quantitative estimate of drug-likeness (QED) is 0.647. The van der Waals surface area contributed by atoms with Gasteiger partial charge in [0, 0.05) is 19.0 Å². The van der Waals surface area contributed by atoms with E-state index in [4.69, 9.17) is 0 Å². The van der Waals surface area contributed by atoms with Crippen molar-refractivity contribution in [3.8, 4) is 0 Å². The molecule has 1 rings (SSSR count). The summed E-state index contributed by atoms with van der Waals surface area (Å²) in [7, 11) is 1.38. The average molecular weight is 227 g/mol. The first-order valence-corrected chi connectivity index (χ1v) is 5.97. The standard InChI is InChI=1S/C12H21NO3/c1-4-5-11(14)13(10-6-7-10)8-9(2)12(15)16-3/h9-10H,4-8H2,1-3H3. The summed E-state index contributed by atoms with van der Waals surface area (Å²) >= 11 is 0. The molecule has 0 aliphatic heterocycles. The van der Waals surface area contributed by atoms with E-state index in [2.05, 4.69) is 4.74 Å². The Hall–Kier alpha value is -1.06. The van der Waals surface area contributed by atoms with E-state index in [1.165, 1.54) is 7.11 Å². The van der Waals surface area contributed by atoms with Crippen LogP contribution in [0.1, 0.15) is 39.5 Å². The zero-order valence-electron chi connectivity index (χ0n) is 10.4. The fourth-order valence-corrected chi connectivity index (χ4v) is 1.77. The number of hydrogen-bond acceptors (Lipinski definition) is 3. The molecule has 0 aromatic rings. The second-order valence-electron chi connectivity index (χ2n) is 4.45. The van der Waals surface area contributed by atoms with E-state index >= 15 is 0 Å². The van der Waals surface area contributed by atoms with Gasteiger partial charge >= 0.3 is 5.97 Å². The average Bonchev–Trinajstić information content (AvgIpc) is 3.08. The maximum atomic E-state index is 11.8. The Morgan fingerprint density at radius 2 is 2.06 bits per heavy atom. The smallest absolute Gasteiger partial charge is 0.310 e. The summed E-state index contributed by atoms with van der Waals surface area (Å²) in [5, 5.41) is 0. The molecular formula is C12H21NO3. The molecule has 1 fully saturated rings. The third kappa shape index (κ3) is 3.51. The summed E-state index contributed by atoms with van der Waals surface area (Å²) in [6.45, 7) is 4.29. The highest BCUT2D eigenvalue weighted by atomic mass is 16.5. The largest absolute Gasteiger partial charge is 0.469 e. The summed E-state index contributed by atoms with van der Waals surface area (Å²) in [5.41, 5.74) is 0. The first kappa shape index (κ1) is 13.0. The summed E-state index contributed by atoms with van der Waals surface area (Å²) in [6.07, 6.45) is 3.58. The van der Waals surface area contributed by atoms with Crippen LogP contribution in [0.4, 0.5) is 0 Å². The normalized spacial score (nSPS) is 16.7. The van der Waals surface area contributed by atoms with Crippen LogP contribution >= 0.6 is 0 Å². The highest BCUT2D eigenvalue weighted by molar-refractivity contribution is 5.78. The minimum atomic E-state index is -0.241. The number of esters is 1. The van der Waals surface area contributed by atoms with Gasteiger partial charge in [-0.3, -0.25) is 9.59 Å². The summed E-state index contributed by atoms with van der Waals surface area (Å²) in [5.74, 6) is -0.304. The SMILES string of the molecule is CCCC(=O)N(CC(C)C(=O)OC)C1CC1. The van der Waals surface area contributed by atoms with Gasteiger partial charge in [-0.05, 0) is 19.3 Å². The number of carbonyl (C=O) groups excluding carboxylic acids is 2. The van der Waals surface area contributed by atoms with Gasteiger partial charge in [0.1, 0.15) is 0 Å². The Kier molecular flexibility index (Phi) is 4.77. The molecule has 0 aromatic carbocycles. The van der Waals surface area contributed by atoms with Crippen molar-refractivity contribution in [1.29, 1.82) is 0 Å². The van der Waals surface area contributed by atoms with E-state index in [1.807, 2.05) is 11.8 Å². The fraction of sp³-hybridized carbons (Fsp3) is 0.833. The molecule has 4 nitrogen and oxygen atoms in total. The molecule has 16 heavy (non-hydrogen) atoms. The molecule has 0 saturated heterocycles. The predicted octanol–water partition coefficient (Wildman–Crippen LogP) is 1.59. The van der Waals surface area contributed by atoms with Crippen molar-refractivity contribution in [2.75, 3.05) is 13.7 Å². The summed E-state index contributed by atoms with van der Waals surface area (Å²) in [4.78, 5) is 25.0. The molecule has 4 heteroatoms. The Morgan fingerprint density at radius 1 is 1.44 bits per heavy atom. The van der Waals surface area contributed by atoms with Crippen molar-refractivity contribution in [3.63, 3.8) is 0 Å². The molecular weight excluding hydrogens is 206 g/mol. The third-order valence-corrected chi connectivity index (χ3v) is 2.85. The molecule has 1 aliphatic carbocycles. The zero-order valence-corrected chi connectivity index (χ0v) is 10.4. The van der Waals surface area contributed by atoms with Crippen LogP contribution in [-0.2, 0) is 14.3 Å². The van der Waals surface area contributed by atoms with Gasteiger partial charge in [-0.2, -0.15) is 0 Å². The van der Waals surface area contributed by atoms with Crippen LogP contribution in [-0.4, -0.2) is 36.5 Å². The minimum absolute atomic E-state index is 0.167. The molecule has 1 amide bonds. The monoisotopic (exact) mass is 227 g/mol. The van der Waals surface area contributed by atoms with E-state index in [1.54, 1.807) is 6.92 Å². The van der Waals surface area contributed by atoms with Crippen molar-refractivity contribution >= 4 is 11.9 Å². The second kappa shape index (κ2) is 5.87. The van der Waals surface area contributed by atoms with Gasteiger partial charge in [0.05, 0.1) is 13.0 Å². The van der Waals surface area contributed by atoms with E-state index < -0.39 is 0 Å². The van der Waals surface area contributed by atoms with Crippen molar-refractivity contribution in [2.24, 2.45) is 5.92 Å². The predicted molar refractivity (Wildman–Crippen MR) is 60.8 cm³/mol. The Morgan fingerprint density at radius 3 is 2.50 bits per heavy atom. The summed E-state index contributed by atoms with van der Waals surface area (Å²) in [6, 6.07) is 0.367. The molecule has 1 aliphatic rings. The van der Waals surface area contributed by atoms with Crippen molar-refractivity contribution < 1.29 is 14.3 Å². The lowest BCUT2D eigenvalue weighted by Gasteiger charge is -2.24. The van der Waals surface area contributed by atoms with Gasteiger partial charge in [-0.15, -0.1) is 0 Å². The lowest BCUT2D eigenvalue weighted by atomic mass is 10.1. The zero-order chi connectivity index (χ0) is 12.1. The summed E-state index contributed by atoms with van der Waals surface area (Å²) < 4.78 is 4.68. The van der Waals surface area contributed by atoms with Gasteiger partial charge in [0.25, 0.3) is 0 Å². The molecule has 0 heterocycles. The molecule has 0 spiro atoms. The minimum Gasteiger partial charge on any atom is -0.469 e. The van der Waals surface area contributed by atoms with Gasteiger partial charge in [-0.1, -0.05) is 13.8 Å². The van der Waals surface area contributed by atoms with Crippen LogP contribution < -0.4 is 0 Å². The third-order valence-electron chi connectivity index (χ3n) is 2.85. The number of nitrogens with zero attached hydrogens (tertiary/aromatic N) is 1. The maximum absolute atomic E-state index is 11.8. The molecule has 1 atom stereocenters. The Bertz CT molecular complexity index is 261. The molecule has 0 radical (unpaired) electrons. The first-order valence-electron chi connectivity index (χ1n) is 5.97. The number of amides is 1. The number of rotatable bonds is 6. The van der Waals surface area contributed by atoms with Crippen LogP contribution in [0.3, 0.4) is 0 Å². The highest BCUT2D eigenvalue weighted by Crippen LogP contribution is 2.28. The van der Waals surface area contributed by atoms with E-state index in [0.29, 0.717) is 19.0 Å². The van der Waals surface area contributed by atoms with E-state index in [9.17, 15) is 9.59 Å². The fourth-order valence-electron chi connectivity index (χ4n) is 1.77. The molecule has 1 saturated carbocycles. The van der Waals surface area contributed by atoms with Crippen molar-refractivity contribution in [2.45, 2.75) is 45.6 Å². The first-order chi connectivity index (χ1) is 7.60. The van der Waals surface area contributed by atoms with Gasteiger partial charge in [0.2, 0.25) is 5.91 Å². The lowest BCUT2D eigenvalue weighted by Crippen LogP contribution is -2.38. The van der Waals surface area contributed by atoms with Crippen LogP contribution in [0.2, 0.25) is 0 Å². The highest BCUT2D eigenvalue weighted by Gasteiger charge is 2.34. The maximum Gasteiger partial charge on any atom is 0.310 e. The Labute approximate surface area is 96.9 Å².